The number of nitrogens with zero attached hydrogens (tertiary/aromatic N) is 3. The maximum Gasteiger partial charge on any atom is 0.410 e. The summed E-state index contributed by atoms with van der Waals surface area (Å²) in [4.78, 5) is 14.4. The summed E-state index contributed by atoms with van der Waals surface area (Å²) in [6, 6.07) is -0.176. The van der Waals surface area contributed by atoms with E-state index in [9.17, 15) is 18.0 Å². The lowest BCUT2D eigenvalue weighted by Crippen LogP contribution is -2.44. The highest BCUT2D eigenvalue weighted by molar-refractivity contribution is 5.76. The van der Waals surface area contributed by atoms with Crippen molar-refractivity contribution in [2.45, 2.75) is 89.6 Å². The number of ether oxygens (including phenoxy) is 1. The molecule has 0 aromatic carbocycles. The second kappa shape index (κ2) is 8.30. The van der Waals surface area contributed by atoms with Gasteiger partial charge in [0.25, 0.3) is 0 Å². The summed E-state index contributed by atoms with van der Waals surface area (Å²) < 4.78 is 48.1. The van der Waals surface area contributed by atoms with E-state index in [0.717, 1.165) is 37.0 Å². The zero-order valence-electron chi connectivity index (χ0n) is 18.5. The molecule has 2 fully saturated rings. The van der Waals surface area contributed by atoms with Crippen molar-refractivity contribution in [3.05, 3.63) is 11.8 Å². The van der Waals surface area contributed by atoms with Gasteiger partial charge in [0.05, 0.1) is 11.8 Å². The molecule has 1 N–H and O–H groups in total. The molecule has 2 saturated heterocycles. The first-order valence-electron chi connectivity index (χ1n) is 11.3. The molecule has 6 nitrogen and oxygen atoms in total. The van der Waals surface area contributed by atoms with Gasteiger partial charge in [0.15, 0.2) is 6.04 Å². The molecule has 9 heteroatoms. The van der Waals surface area contributed by atoms with Crippen molar-refractivity contribution in [1.82, 2.24) is 14.7 Å². The van der Waals surface area contributed by atoms with Crippen LogP contribution >= 0.6 is 0 Å². The molecule has 2 unspecified atom stereocenters. The van der Waals surface area contributed by atoms with Crippen LogP contribution in [0.15, 0.2) is 6.07 Å². The number of aromatic nitrogens is 2. The number of anilines is 1. The molecule has 0 radical (unpaired) electrons. The third-order valence-corrected chi connectivity index (χ3v) is 6.92. The van der Waals surface area contributed by atoms with Crippen molar-refractivity contribution in [2.75, 3.05) is 25.0 Å². The summed E-state index contributed by atoms with van der Waals surface area (Å²) in [7, 11) is 0. The molecule has 0 spiro atoms. The number of carbonyl (C=O) groups is 1. The summed E-state index contributed by atoms with van der Waals surface area (Å²) >= 11 is 0. The number of hydrogen-bond donors (Lipinski definition) is 1. The lowest BCUT2D eigenvalue weighted by Gasteiger charge is -2.39. The fourth-order valence-electron chi connectivity index (χ4n) is 4.90. The van der Waals surface area contributed by atoms with Gasteiger partial charge in [-0.25, -0.2) is 4.68 Å². The first-order valence-corrected chi connectivity index (χ1v) is 11.3. The number of amides is 1. The summed E-state index contributed by atoms with van der Waals surface area (Å²) in [6.45, 7) is 7.75. The van der Waals surface area contributed by atoms with E-state index in [1.165, 1.54) is 0 Å². The number of halogens is 3. The Morgan fingerprint density at radius 2 is 2.06 bits per heavy atom. The Labute approximate surface area is 181 Å². The second-order valence-corrected chi connectivity index (χ2v) is 10.3. The van der Waals surface area contributed by atoms with Gasteiger partial charge in [-0.1, -0.05) is 20.8 Å². The van der Waals surface area contributed by atoms with Gasteiger partial charge in [-0.2, -0.15) is 18.3 Å². The van der Waals surface area contributed by atoms with E-state index in [4.69, 9.17) is 4.74 Å². The quantitative estimate of drug-likeness (QED) is 0.746. The van der Waals surface area contributed by atoms with Crippen LogP contribution in [0.25, 0.3) is 0 Å². The average Bonchev–Trinajstić information content (AvgIpc) is 3.43. The van der Waals surface area contributed by atoms with Crippen LogP contribution in [0.1, 0.15) is 76.9 Å². The van der Waals surface area contributed by atoms with Gasteiger partial charge in [0.2, 0.25) is 5.91 Å². The predicted molar refractivity (Wildman–Crippen MR) is 111 cm³/mol. The Balaban J connectivity index is 1.44. The van der Waals surface area contributed by atoms with Crippen molar-refractivity contribution >= 4 is 11.7 Å². The van der Waals surface area contributed by atoms with E-state index in [1.54, 1.807) is 6.07 Å². The molecular formula is C22H33F3N4O2. The molecule has 0 saturated carbocycles. The normalized spacial score (nSPS) is 29.2. The van der Waals surface area contributed by atoms with Gasteiger partial charge in [-0.05, 0) is 37.5 Å². The molecule has 4 heterocycles. The summed E-state index contributed by atoms with van der Waals surface area (Å²) in [6.07, 6.45) is -0.224. The third kappa shape index (κ3) is 4.86. The molecule has 1 amide bonds. The second-order valence-electron chi connectivity index (χ2n) is 10.3. The lowest BCUT2D eigenvalue weighted by atomic mass is 9.82. The van der Waals surface area contributed by atoms with Crippen LogP contribution in [0.3, 0.4) is 0 Å². The highest BCUT2D eigenvalue weighted by Gasteiger charge is 2.48. The average molecular weight is 443 g/mol. The zero-order chi connectivity index (χ0) is 22.4. The fraction of sp³-hybridized carbons (Fsp3) is 0.818. The number of alkyl halides is 3. The minimum absolute atomic E-state index is 0.0337. The molecule has 3 aliphatic heterocycles. The van der Waals surface area contributed by atoms with E-state index in [-0.39, 0.29) is 35.8 Å². The van der Waals surface area contributed by atoms with E-state index in [0.29, 0.717) is 31.0 Å². The van der Waals surface area contributed by atoms with Crippen LogP contribution in [0.4, 0.5) is 19.0 Å². The SMILES string of the molecule is CC(C)(C)[C@@H]1C[C@H](C(F)(F)F)n2nc(C3CCN(C(=O)CCC4CCCO4)C3)cc2N1. The number of nitrogens with one attached hydrogen (secondary N) is 1. The Morgan fingerprint density at radius 1 is 1.29 bits per heavy atom. The van der Waals surface area contributed by atoms with Crippen molar-refractivity contribution in [2.24, 2.45) is 5.41 Å². The van der Waals surface area contributed by atoms with Gasteiger partial charge < -0.3 is 15.0 Å². The Hall–Kier alpha value is -1.77. The number of hydrogen-bond acceptors (Lipinski definition) is 4. The Morgan fingerprint density at radius 3 is 2.71 bits per heavy atom. The predicted octanol–water partition coefficient (Wildman–Crippen LogP) is 4.49. The molecule has 3 aliphatic rings. The molecule has 174 valence electrons. The van der Waals surface area contributed by atoms with E-state index < -0.39 is 12.2 Å². The highest BCUT2D eigenvalue weighted by Crippen LogP contribution is 2.44. The minimum Gasteiger partial charge on any atom is -0.378 e. The van der Waals surface area contributed by atoms with Gasteiger partial charge in [-0.3, -0.25) is 4.79 Å². The number of likely N-dealkylation sites (tertiary alicyclic amines) is 1. The maximum absolute atomic E-state index is 13.8. The minimum atomic E-state index is -4.36. The molecular weight excluding hydrogens is 409 g/mol. The highest BCUT2D eigenvalue weighted by atomic mass is 19.4. The molecule has 31 heavy (non-hydrogen) atoms. The first-order chi connectivity index (χ1) is 14.5. The van der Waals surface area contributed by atoms with Crippen LogP contribution < -0.4 is 5.32 Å². The topological polar surface area (TPSA) is 59.4 Å². The van der Waals surface area contributed by atoms with Gasteiger partial charge >= 0.3 is 6.18 Å². The van der Waals surface area contributed by atoms with Crippen molar-refractivity contribution in [1.29, 1.82) is 0 Å². The van der Waals surface area contributed by atoms with Crippen molar-refractivity contribution in [3.63, 3.8) is 0 Å². The van der Waals surface area contributed by atoms with Crippen LogP contribution in [0.5, 0.6) is 0 Å². The van der Waals surface area contributed by atoms with Crippen molar-refractivity contribution < 1.29 is 22.7 Å². The van der Waals surface area contributed by atoms with E-state index >= 15 is 0 Å². The van der Waals surface area contributed by atoms with Crippen LogP contribution in [-0.4, -0.2) is 58.6 Å². The molecule has 1 aromatic heterocycles. The number of carbonyl (C=O) groups excluding carboxylic acids is 1. The van der Waals surface area contributed by atoms with Gasteiger partial charge in [0, 0.05) is 44.1 Å². The standard InChI is InChI=1S/C22H33F3N4O2/c1-21(2,3)17-12-18(22(23,24)25)29-19(26-17)11-16(27-29)14-8-9-28(13-14)20(30)7-6-15-5-4-10-31-15/h11,14-15,17-18,26H,4-10,12-13H2,1-3H3/t14?,15?,17-,18+/m0/s1. The monoisotopic (exact) mass is 442 g/mol. The molecule has 4 atom stereocenters. The maximum atomic E-state index is 13.8. The summed E-state index contributed by atoms with van der Waals surface area (Å²) in [5.74, 6) is 0.487. The van der Waals surface area contributed by atoms with Gasteiger partial charge in [0.1, 0.15) is 5.82 Å². The molecule has 0 bridgehead atoms. The Bertz CT molecular complexity index is 796. The molecule has 0 aliphatic carbocycles. The smallest absolute Gasteiger partial charge is 0.378 e. The summed E-state index contributed by atoms with van der Waals surface area (Å²) in [5, 5.41) is 7.65. The fourth-order valence-corrected chi connectivity index (χ4v) is 4.90. The summed E-state index contributed by atoms with van der Waals surface area (Å²) in [5.41, 5.74) is 0.333. The lowest BCUT2D eigenvalue weighted by molar-refractivity contribution is -0.175. The number of rotatable bonds is 4. The van der Waals surface area contributed by atoms with E-state index in [1.807, 2.05) is 25.7 Å². The third-order valence-electron chi connectivity index (χ3n) is 6.92. The van der Waals surface area contributed by atoms with Gasteiger partial charge in [-0.15, -0.1) is 0 Å². The Kier molecular flexibility index (Phi) is 6.00. The molecule has 1 aromatic rings. The van der Waals surface area contributed by atoms with Crippen LogP contribution in [0.2, 0.25) is 0 Å². The first kappa shape index (κ1) is 22.4. The van der Waals surface area contributed by atoms with Crippen LogP contribution in [-0.2, 0) is 9.53 Å². The van der Waals surface area contributed by atoms with E-state index in [2.05, 4.69) is 10.4 Å². The van der Waals surface area contributed by atoms with Crippen molar-refractivity contribution in [3.8, 4) is 0 Å². The van der Waals surface area contributed by atoms with Crippen LogP contribution in [0, 0.1) is 5.41 Å². The zero-order valence-corrected chi connectivity index (χ0v) is 18.5. The largest absolute Gasteiger partial charge is 0.410 e. The molecule has 4 rings (SSSR count). The number of fused-ring (bicyclic) bond motifs is 1.